The molecule has 180 valence electrons. The summed E-state index contributed by atoms with van der Waals surface area (Å²) in [6.07, 6.45) is -1.52. The van der Waals surface area contributed by atoms with Gasteiger partial charge in [0.25, 0.3) is 0 Å². The van der Waals surface area contributed by atoms with Gasteiger partial charge in [0.2, 0.25) is 5.91 Å². The molecule has 10 heteroatoms. The molecule has 2 saturated heterocycles. The summed E-state index contributed by atoms with van der Waals surface area (Å²) in [7, 11) is 0. The number of aromatic nitrogens is 1. The third-order valence-electron chi connectivity index (χ3n) is 5.35. The molecule has 0 saturated carbocycles. The van der Waals surface area contributed by atoms with E-state index in [-0.39, 0.29) is 17.6 Å². The molecule has 2 fully saturated rings. The van der Waals surface area contributed by atoms with E-state index in [9.17, 15) is 18.0 Å². The number of nitrogens with zero attached hydrogens (tertiary/aromatic N) is 2. The SMILES string of the molecule is Cc1cccc(COC2CCOC3(C2)CN(C(=O)CCC(C)C)C3)n1.O=C(O)C(F)(F)F. The van der Waals surface area contributed by atoms with Gasteiger partial charge in [0, 0.05) is 25.1 Å². The van der Waals surface area contributed by atoms with E-state index in [1.54, 1.807) is 0 Å². The number of pyridine rings is 1. The van der Waals surface area contributed by atoms with E-state index in [0.29, 0.717) is 38.6 Å². The molecule has 1 unspecified atom stereocenters. The Kier molecular flexibility index (Phi) is 9.03. The number of amides is 1. The Balaban J connectivity index is 0.000000451. The van der Waals surface area contributed by atoms with Crippen LogP contribution in [0.5, 0.6) is 0 Å². The molecule has 7 nitrogen and oxygen atoms in total. The number of carbonyl (C=O) groups is 2. The van der Waals surface area contributed by atoms with Gasteiger partial charge in [-0.2, -0.15) is 13.2 Å². The lowest BCUT2D eigenvalue weighted by atomic mass is 9.84. The van der Waals surface area contributed by atoms with Gasteiger partial charge in [0.15, 0.2) is 0 Å². The number of carbonyl (C=O) groups excluding carboxylic acids is 1. The lowest BCUT2D eigenvalue weighted by Crippen LogP contribution is -2.67. The molecule has 32 heavy (non-hydrogen) atoms. The summed E-state index contributed by atoms with van der Waals surface area (Å²) >= 11 is 0. The minimum Gasteiger partial charge on any atom is -0.475 e. The predicted molar refractivity (Wildman–Crippen MR) is 110 cm³/mol. The molecule has 0 aromatic carbocycles. The van der Waals surface area contributed by atoms with Crippen LogP contribution in [0.3, 0.4) is 0 Å². The van der Waals surface area contributed by atoms with Gasteiger partial charge in [-0.1, -0.05) is 19.9 Å². The molecule has 3 rings (SSSR count). The van der Waals surface area contributed by atoms with Crippen molar-refractivity contribution in [2.75, 3.05) is 19.7 Å². The summed E-state index contributed by atoms with van der Waals surface area (Å²) in [5.74, 6) is -1.93. The summed E-state index contributed by atoms with van der Waals surface area (Å²) in [5.41, 5.74) is 1.80. The van der Waals surface area contributed by atoms with Crippen LogP contribution in [0.25, 0.3) is 0 Å². The van der Waals surface area contributed by atoms with Gasteiger partial charge in [0.1, 0.15) is 5.60 Å². The van der Waals surface area contributed by atoms with Crippen molar-refractivity contribution < 1.29 is 37.3 Å². The highest BCUT2D eigenvalue weighted by atomic mass is 19.4. The number of carboxylic acids is 1. The molecule has 1 aromatic heterocycles. The standard InChI is InChI=1S/C20H30N2O3.C2HF3O2/c1-15(2)7-8-19(23)22-13-20(14-22)11-18(9-10-25-20)24-12-17-6-4-5-16(3)21-17;3-2(4,5)1(6)7/h4-6,15,18H,7-14H2,1-3H3;(H,6,7). The zero-order valence-corrected chi connectivity index (χ0v) is 18.7. The summed E-state index contributed by atoms with van der Waals surface area (Å²) in [4.78, 5) is 27.5. The number of hydrogen-bond donors (Lipinski definition) is 1. The molecule has 2 aliphatic heterocycles. The molecule has 1 aromatic rings. The van der Waals surface area contributed by atoms with Crippen molar-refractivity contribution in [2.45, 2.75) is 70.9 Å². The number of hydrogen-bond acceptors (Lipinski definition) is 5. The molecule has 1 N–H and O–H groups in total. The van der Waals surface area contributed by atoms with E-state index in [1.807, 2.05) is 30.0 Å². The van der Waals surface area contributed by atoms with Crippen LogP contribution in [-0.4, -0.2) is 64.4 Å². The van der Waals surface area contributed by atoms with Crippen molar-refractivity contribution in [3.8, 4) is 0 Å². The number of likely N-dealkylation sites (tertiary alicyclic amines) is 1. The fourth-order valence-electron chi connectivity index (χ4n) is 3.62. The second-order valence-electron chi connectivity index (χ2n) is 8.71. The molecule has 1 amide bonds. The maximum Gasteiger partial charge on any atom is 0.490 e. The monoisotopic (exact) mass is 460 g/mol. The molecule has 0 aliphatic carbocycles. The van der Waals surface area contributed by atoms with Gasteiger partial charge in [-0.05, 0) is 37.8 Å². The van der Waals surface area contributed by atoms with Crippen LogP contribution in [0.4, 0.5) is 13.2 Å². The van der Waals surface area contributed by atoms with Crippen LogP contribution in [0, 0.1) is 12.8 Å². The Hall–Kier alpha value is -2.20. The maximum absolute atomic E-state index is 12.2. The average molecular weight is 460 g/mol. The van der Waals surface area contributed by atoms with Crippen molar-refractivity contribution in [3.05, 3.63) is 29.6 Å². The molecule has 1 atom stereocenters. The van der Waals surface area contributed by atoms with Crippen LogP contribution in [-0.2, 0) is 25.7 Å². The summed E-state index contributed by atoms with van der Waals surface area (Å²) in [5, 5.41) is 7.12. The van der Waals surface area contributed by atoms with Crippen molar-refractivity contribution in [1.29, 1.82) is 0 Å². The highest BCUT2D eigenvalue weighted by Gasteiger charge is 2.49. The number of aliphatic carboxylic acids is 1. The molecule has 3 heterocycles. The summed E-state index contributed by atoms with van der Waals surface area (Å²) < 4.78 is 43.8. The van der Waals surface area contributed by atoms with Gasteiger partial charge in [-0.3, -0.25) is 9.78 Å². The number of halogens is 3. The number of ether oxygens (including phenoxy) is 2. The normalized spacial score (nSPS) is 19.8. The predicted octanol–water partition coefficient (Wildman–Crippen LogP) is 3.74. The first kappa shape index (κ1) is 26.1. The van der Waals surface area contributed by atoms with Gasteiger partial charge < -0.3 is 19.5 Å². The number of rotatable bonds is 6. The van der Waals surface area contributed by atoms with Crippen molar-refractivity contribution >= 4 is 11.9 Å². The molecular weight excluding hydrogens is 429 g/mol. The Morgan fingerprint density at radius 3 is 2.56 bits per heavy atom. The molecule has 1 spiro atoms. The molecule has 0 radical (unpaired) electrons. The summed E-state index contributed by atoms with van der Waals surface area (Å²) in [6.45, 7) is 8.98. The smallest absolute Gasteiger partial charge is 0.475 e. The quantitative estimate of drug-likeness (QED) is 0.696. The Labute approximate surface area is 185 Å². The van der Waals surface area contributed by atoms with Crippen LogP contribution < -0.4 is 0 Å². The van der Waals surface area contributed by atoms with Gasteiger partial charge in [-0.25, -0.2) is 4.79 Å². The number of aryl methyl sites for hydroxylation is 1. The first-order chi connectivity index (χ1) is 14.9. The van der Waals surface area contributed by atoms with E-state index in [4.69, 9.17) is 19.4 Å². The van der Waals surface area contributed by atoms with E-state index in [1.165, 1.54) is 0 Å². The van der Waals surface area contributed by atoms with E-state index in [2.05, 4.69) is 18.8 Å². The largest absolute Gasteiger partial charge is 0.490 e. The van der Waals surface area contributed by atoms with Crippen molar-refractivity contribution in [3.63, 3.8) is 0 Å². The highest BCUT2D eigenvalue weighted by Crippen LogP contribution is 2.36. The van der Waals surface area contributed by atoms with Crippen LogP contribution in [0.15, 0.2) is 18.2 Å². The van der Waals surface area contributed by atoms with Crippen LogP contribution >= 0.6 is 0 Å². The Morgan fingerprint density at radius 1 is 1.34 bits per heavy atom. The number of alkyl halides is 3. The Morgan fingerprint density at radius 2 is 2.00 bits per heavy atom. The zero-order chi connectivity index (χ0) is 23.9. The van der Waals surface area contributed by atoms with E-state index in [0.717, 1.165) is 30.7 Å². The summed E-state index contributed by atoms with van der Waals surface area (Å²) in [6, 6.07) is 6.01. The lowest BCUT2D eigenvalue weighted by molar-refractivity contribution is -0.202. The van der Waals surface area contributed by atoms with Gasteiger partial charge in [-0.15, -0.1) is 0 Å². The van der Waals surface area contributed by atoms with Crippen molar-refractivity contribution in [1.82, 2.24) is 9.88 Å². The van der Waals surface area contributed by atoms with Gasteiger partial charge in [0.05, 0.1) is 31.5 Å². The third kappa shape index (κ3) is 8.05. The van der Waals surface area contributed by atoms with Crippen LogP contribution in [0.2, 0.25) is 0 Å². The first-order valence-electron chi connectivity index (χ1n) is 10.7. The third-order valence-corrected chi connectivity index (χ3v) is 5.35. The highest BCUT2D eigenvalue weighted by molar-refractivity contribution is 5.77. The fourth-order valence-corrected chi connectivity index (χ4v) is 3.62. The molecule has 0 bridgehead atoms. The topological polar surface area (TPSA) is 89.0 Å². The van der Waals surface area contributed by atoms with Crippen LogP contribution in [0.1, 0.15) is 50.9 Å². The second-order valence-corrected chi connectivity index (χ2v) is 8.71. The van der Waals surface area contributed by atoms with E-state index >= 15 is 0 Å². The Bertz CT molecular complexity index is 779. The maximum atomic E-state index is 12.2. The average Bonchev–Trinajstić information content (AvgIpc) is 2.68. The van der Waals surface area contributed by atoms with Gasteiger partial charge >= 0.3 is 12.1 Å². The fraction of sp³-hybridized carbons (Fsp3) is 0.682. The second kappa shape index (κ2) is 11.1. The van der Waals surface area contributed by atoms with E-state index < -0.39 is 12.1 Å². The van der Waals surface area contributed by atoms with Crippen molar-refractivity contribution in [2.24, 2.45) is 5.92 Å². The lowest BCUT2D eigenvalue weighted by Gasteiger charge is -2.53. The minimum atomic E-state index is -5.08. The first-order valence-corrected chi connectivity index (χ1v) is 10.7. The molecular formula is C22H31F3N2O5. The number of carboxylic acid groups (broad SMARTS) is 1. The minimum absolute atomic E-state index is 0.184. The molecule has 2 aliphatic rings. The zero-order valence-electron chi connectivity index (χ0n) is 18.7.